The lowest BCUT2D eigenvalue weighted by Crippen LogP contribution is -2.02. The van der Waals surface area contributed by atoms with E-state index in [1.54, 1.807) is 0 Å². The highest BCUT2D eigenvalue weighted by Crippen LogP contribution is 2.45. The summed E-state index contributed by atoms with van der Waals surface area (Å²) in [5.74, 6) is 2.30. The smallest absolute Gasteiger partial charge is 0.164 e. The highest BCUT2D eigenvalue weighted by atomic mass is 15.0. The van der Waals surface area contributed by atoms with Crippen LogP contribution < -0.4 is 0 Å². The van der Waals surface area contributed by atoms with Crippen molar-refractivity contribution in [3.05, 3.63) is 211 Å². The van der Waals surface area contributed by atoms with E-state index in [-0.39, 0.29) is 0 Å². The molecular formula is C54H37N3. The van der Waals surface area contributed by atoms with Gasteiger partial charge in [-0.25, -0.2) is 15.0 Å². The highest BCUT2D eigenvalue weighted by Gasteiger charge is 2.24. The molecule has 268 valence electrons. The first-order valence-electron chi connectivity index (χ1n) is 19.8. The Hall–Kier alpha value is -7.23. The fourth-order valence-electron chi connectivity index (χ4n) is 9.06. The van der Waals surface area contributed by atoms with Gasteiger partial charge in [0.2, 0.25) is 0 Å². The molecule has 0 aliphatic heterocycles. The fourth-order valence-corrected chi connectivity index (χ4v) is 9.06. The van der Waals surface area contributed by atoms with Gasteiger partial charge in [-0.15, -0.1) is 0 Å². The monoisotopic (exact) mass is 727 g/mol. The van der Waals surface area contributed by atoms with Gasteiger partial charge < -0.3 is 0 Å². The molecule has 1 aliphatic carbocycles. The number of benzene rings is 9. The molecule has 57 heavy (non-hydrogen) atoms. The van der Waals surface area contributed by atoms with Crippen LogP contribution in [0.5, 0.6) is 0 Å². The van der Waals surface area contributed by atoms with Crippen LogP contribution in [0.3, 0.4) is 0 Å². The third-order valence-electron chi connectivity index (χ3n) is 11.8. The number of aryl methyl sites for hydroxylation is 1. The molecule has 1 aromatic heterocycles. The summed E-state index contributed by atoms with van der Waals surface area (Å²) in [6.07, 6.45) is 2.13. The summed E-state index contributed by atoms with van der Waals surface area (Å²) < 4.78 is 0. The van der Waals surface area contributed by atoms with Crippen LogP contribution in [0.4, 0.5) is 0 Å². The van der Waals surface area contributed by atoms with E-state index in [4.69, 9.17) is 15.0 Å². The van der Waals surface area contributed by atoms with Gasteiger partial charge in [-0.3, -0.25) is 0 Å². The first-order chi connectivity index (χ1) is 28.3. The lowest BCUT2D eigenvalue weighted by molar-refractivity contribution is 0.726. The van der Waals surface area contributed by atoms with E-state index >= 15 is 0 Å². The van der Waals surface area contributed by atoms with Gasteiger partial charge in [0.05, 0.1) is 0 Å². The molecule has 1 unspecified atom stereocenters. The third-order valence-corrected chi connectivity index (χ3v) is 11.8. The summed E-state index contributed by atoms with van der Waals surface area (Å²) in [6.45, 7) is 0. The first-order valence-corrected chi connectivity index (χ1v) is 19.8. The molecule has 3 nitrogen and oxygen atoms in total. The molecule has 1 aliphatic rings. The number of rotatable bonds is 5. The van der Waals surface area contributed by atoms with Gasteiger partial charge in [0, 0.05) is 28.0 Å². The van der Waals surface area contributed by atoms with Crippen LogP contribution >= 0.6 is 0 Å². The highest BCUT2D eigenvalue weighted by molar-refractivity contribution is 6.28. The van der Waals surface area contributed by atoms with Crippen molar-refractivity contribution < 1.29 is 0 Å². The Morgan fingerprint density at radius 3 is 1.63 bits per heavy atom. The zero-order valence-electron chi connectivity index (χ0n) is 31.3. The van der Waals surface area contributed by atoms with Crippen molar-refractivity contribution in [1.82, 2.24) is 15.0 Å². The van der Waals surface area contributed by atoms with Crippen molar-refractivity contribution in [1.29, 1.82) is 0 Å². The molecule has 1 atom stereocenters. The van der Waals surface area contributed by atoms with Gasteiger partial charge >= 0.3 is 0 Å². The van der Waals surface area contributed by atoms with E-state index in [9.17, 15) is 0 Å². The van der Waals surface area contributed by atoms with Gasteiger partial charge in [0.25, 0.3) is 0 Å². The second kappa shape index (κ2) is 13.8. The van der Waals surface area contributed by atoms with Crippen LogP contribution in [0, 0.1) is 0 Å². The third kappa shape index (κ3) is 5.79. The summed E-state index contributed by atoms with van der Waals surface area (Å²) in [6, 6.07) is 69.9. The molecule has 0 bridgehead atoms. The standard InChI is InChI=1S/C54H37N3/c1-4-15-35(16-5-1)42-30-27-36-17-10-11-22-41(36)49-33-39(28-31-45(42)49)40-29-32-46-43-23-12-13-24-44(43)47-25-14-26-48(51(47)50(46)34-40)54-56-52(37-18-6-2-7-19-37)55-53(57-54)38-20-8-3-9-21-38/h1-26,28-29,31-34,42H,27,30H2. The summed E-state index contributed by atoms with van der Waals surface area (Å²) in [5, 5.41) is 7.15. The molecule has 9 aromatic carbocycles. The lowest BCUT2D eigenvalue weighted by atomic mass is 9.84. The Kier molecular flexibility index (Phi) is 8.03. The molecule has 3 heteroatoms. The van der Waals surface area contributed by atoms with Crippen molar-refractivity contribution >= 4 is 32.3 Å². The number of hydrogen-bond acceptors (Lipinski definition) is 3. The van der Waals surface area contributed by atoms with Crippen molar-refractivity contribution in [3.63, 3.8) is 0 Å². The van der Waals surface area contributed by atoms with Gasteiger partial charge in [0.1, 0.15) is 0 Å². The molecule has 0 spiro atoms. The van der Waals surface area contributed by atoms with E-state index in [1.807, 2.05) is 36.4 Å². The van der Waals surface area contributed by atoms with E-state index in [1.165, 1.54) is 65.9 Å². The predicted molar refractivity (Wildman–Crippen MR) is 236 cm³/mol. The first kappa shape index (κ1) is 33.1. The van der Waals surface area contributed by atoms with Crippen molar-refractivity contribution in [3.8, 4) is 56.4 Å². The molecule has 0 N–H and O–H groups in total. The van der Waals surface area contributed by atoms with E-state index in [2.05, 4.69) is 158 Å². The second-order valence-corrected chi connectivity index (χ2v) is 15.0. The minimum atomic E-state index is 0.332. The van der Waals surface area contributed by atoms with E-state index in [0.717, 1.165) is 34.9 Å². The summed E-state index contributed by atoms with van der Waals surface area (Å²) in [7, 11) is 0. The summed E-state index contributed by atoms with van der Waals surface area (Å²) in [5.41, 5.74) is 12.1. The molecule has 0 saturated heterocycles. The van der Waals surface area contributed by atoms with Gasteiger partial charge in [0.15, 0.2) is 17.5 Å². The molecule has 0 fully saturated rings. The van der Waals surface area contributed by atoms with Crippen LogP contribution in [0.25, 0.3) is 88.7 Å². The molecule has 1 heterocycles. The minimum absolute atomic E-state index is 0.332. The normalized spacial score (nSPS) is 13.6. The van der Waals surface area contributed by atoms with Gasteiger partial charge in [-0.1, -0.05) is 182 Å². The maximum absolute atomic E-state index is 5.21. The number of nitrogens with zero attached hydrogens (tertiary/aromatic N) is 3. The molecule has 10 aromatic rings. The van der Waals surface area contributed by atoms with Crippen molar-refractivity contribution in [2.45, 2.75) is 18.8 Å². The maximum atomic E-state index is 5.21. The SMILES string of the molecule is c1ccc(-c2nc(-c3ccccc3)nc(-c3cccc4c5ccccc5c5ccc(-c6ccc7c(c6)-c6ccccc6CCC7c6ccccc6)cc5c34)n2)cc1. The van der Waals surface area contributed by atoms with Crippen LogP contribution in [-0.2, 0) is 6.42 Å². The molecule has 0 saturated carbocycles. The average molecular weight is 728 g/mol. The zero-order valence-corrected chi connectivity index (χ0v) is 31.3. The molecule has 0 amide bonds. The number of fused-ring (bicyclic) bond motifs is 9. The Labute approximate surface area is 332 Å². The largest absolute Gasteiger partial charge is 0.208 e. The Bertz CT molecular complexity index is 3060. The Balaban J connectivity index is 1.16. The lowest BCUT2D eigenvalue weighted by Gasteiger charge is -2.20. The number of hydrogen-bond donors (Lipinski definition) is 0. The molecule has 0 radical (unpaired) electrons. The topological polar surface area (TPSA) is 38.7 Å². The maximum Gasteiger partial charge on any atom is 0.164 e. The van der Waals surface area contributed by atoms with Crippen molar-refractivity contribution in [2.24, 2.45) is 0 Å². The van der Waals surface area contributed by atoms with Gasteiger partial charge in [-0.05, 0) is 90.8 Å². The van der Waals surface area contributed by atoms with E-state index < -0.39 is 0 Å². The molecule has 11 rings (SSSR count). The zero-order chi connectivity index (χ0) is 37.7. The Morgan fingerprint density at radius 1 is 0.351 bits per heavy atom. The van der Waals surface area contributed by atoms with Crippen LogP contribution in [0.1, 0.15) is 29.0 Å². The second-order valence-electron chi connectivity index (χ2n) is 15.0. The van der Waals surface area contributed by atoms with Crippen LogP contribution in [0.2, 0.25) is 0 Å². The fraction of sp³-hybridized carbons (Fsp3) is 0.0556. The van der Waals surface area contributed by atoms with Gasteiger partial charge in [-0.2, -0.15) is 0 Å². The molecular weight excluding hydrogens is 691 g/mol. The summed E-state index contributed by atoms with van der Waals surface area (Å²) in [4.78, 5) is 15.4. The quantitative estimate of drug-likeness (QED) is 0.166. The average Bonchev–Trinajstić information content (AvgIpc) is 3.46. The van der Waals surface area contributed by atoms with Crippen molar-refractivity contribution in [2.75, 3.05) is 0 Å². The van der Waals surface area contributed by atoms with Crippen LogP contribution in [-0.4, -0.2) is 15.0 Å². The minimum Gasteiger partial charge on any atom is -0.208 e. The van der Waals surface area contributed by atoms with Crippen LogP contribution in [0.15, 0.2) is 194 Å². The number of aromatic nitrogens is 3. The Morgan fingerprint density at radius 2 is 0.895 bits per heavy atom. The predicted octanol–water partition coefficient (Wildman–Crippen LogP) is 13.7. The van der Waals surface area contributed by atoms with E-state index in [0.29, 0.717) is 23.4 Å². The summed E-state index contributed by atoms with van der Waals surface area (Å²) >= 11 is 0.